The molecule has 0 bridgehead atoms. The number of terminal acetylenes is 1. The van der Waals surface area contributed by atoms with E-state index in [4.69, 9.17) is 6.42 Å². The van der Waals surface area contributed by atoms with Crippen molar-refractivity contribution in [3.8, 4) is 12.3 Å². The minimum atomic E-state index is -0.547. The van der Waals surface area contributed by atoms with Crippen molar-refractivity contribution >= 4 is 17.9 Å². The summed E-state index contributed by atoms with van der Waals surface area (Å²) in [4.78, 5) is 39.6. The van der Waals surface area contributed by atoms with Crippen LogP contribution in [0.1, 0.15) is 106 Å². The fourth-order valence-corrected chi connectivity index (χ4v) is 11.1. The van der Waals surface area contributed by atoms with Crippen molar-refractivity contribution in [1.82, 2.24) is 0 Å². The average molecular weight is 479 g/mol. The van der Waals surface area contributed by atoms with Crippen molar-refractivity contribution in [3.63, 3.8) is 0 Å². The Labute approximate surface area is 213 Å². The van der Waals surface area contributed by atoms with Crippen LogP contribution in [0.3, 0.4) is 0 Å². The SMILES string of the molecule is C#C[C@]12CCC(C)(C)C[C@H]1[C@H]1C(=O)C[C@@H]3[C@@]4(C)CC(C=O)C(=O)C(C)(C)[C@@H]4CC[C@@]3(C)[C@]1(C)CC2. The van der Waals surface area contributed by atoms with Gasteiger partial charge in [0.15, 0.2) is 0 Å². The summed E-state index contributed by atoms with van der Waals surface area (Å²) in [6, 6.07) is 0. The highest BCUT2D eigenvalue weighted by molar-refractivity contribution is 5.98. The van der Waals surface area contributed by atoms with E-state index in [1.54, 1.807) is 0 Å². The lowest BCUT2D eigenvalue weighted by molar-refractivity contribution is -0.231. The zero-order valence-corrected chi connectivity index (χ0v) is 23.1. The van der Waals surface area contributed by atoms with Crippen LogP contribution in [0.15, 0.2) is 0 Å². The standard InChI is InChI=1S/C32H46O3/c1-9-32-14-12-27(2,3)18-21(32)25-22(34)16-24-29(6)17-20(19-33)26(35)28(4,5)23(29)10-11-30(24,7)31(25,8)13-15-32/h1,19-21,23-25H,10-18H2,2-8H3/t20?,21-,23-,24+,25-,29-,30+,31+,32+/m0/s1. The first kappa shape index (κ1) is 25.2. The Morgan fingerprint density at radius 1 is 0.857 bits per heavy atom. The minimum absolute atomic E-state index is 0.00305. The van der Waals surface area contributed by atoms with E-state index < -0.39 is 11.3 Å². The summed E-state index contributed by atoms with van der Waals surface area (Å²) in [5, 5.41) is 0. The summed E-state index contributed by atoms with van der Waals surface area (Å²) in [5.74, 6) is 3.93. The van der Waals surface area contributed by atoms with E-state index >= 15 is 0 Å². The summed E-state index contributed by atoms with van der Waals surface area (Å²) >= 11 is 0. The maximum atomic E-state index is 14.3. The molecule has 0 radical (unpaired) electrons. The normalized spacial score (nSPS) is 52.2. The minimum Gasteiger partial charge on any atom is -0.303 e. The van der Waals surface area contributed by atoms with E-state index in [2.05, 4.69) is 54.4 Å². The number of rotatable bonds is 1. The van der Waals surface area contributed by atoms with Crippen LogP contribution in [0.25, 0.3) is 0 Å². The lowest BCUT2D eigenvalue weighted by Gasteiger charge is -2.72. The molecule has 192 valence electrons. The van der Waals surface area contributed by atoms with Gasteiger partial charge in [-0.3, -0.25) is 9.59 Å². The second-order valence-corrected chi connectivity index (χ2v) is 15.4. The fraction of sp³-hybridized carbons (Fsp3) is 0.844. The third-order valence-corrected chi connectivity index (χ3v) is 13.2. The fourth-order valence-electron chi connectivity index (χ4n) is 11.1. The molecule has 0 N–H and O–H groups in total. The first-order valence-corrected chi connectivity index (χ1v) is 14.1. The Balaban J connectivity index is 1.61. The Morgan fingerprint density at radius 2 is 1.51 bits per heavy atom. The molecule has 35 heavy (non-hydrogen) atoms. The van der Waals surface area contributed by atoms with Crippen molar-refractivity contribution in [3.05, 3.63) is 0 Å². The van der Waals surface area contributed by atoms with Gasteiger partial charge < -0.3 is 4.79 Å². The monoisotopic (exact) mass is 478 g/mol. The molecule has 1 unspecified atom stereocenters. The van der Waals surface area contributed by atoms with E-state index in [1.807, 2.05) is 0 Å². The first-order chi connectivity index (χ1) is 16.1. The molecule has 0 saturated heterocycles. The highest BCUT2D eigenvalue weighted by Gasteiger charge is 2.72. The number of carbonyl (C=O) groups is 3. The zero-order valence-electron chi connectivity index (χ0n) is 23.1. The summed E-state index contributed by atoms with van der Waals surface area (Å²) < 4.78 is 0. The molecule has 0 aliphatic heterocycles. The van der Waals surface area contributed by atoms with Crippen molar-refractivity contribution in [2.45, 2.75) is 106 Å². The summed E-state index contributed by atoms with van der Waals surface area (Å²) in [7, 11) is 0. The first-order valence-electron chi connectivity index (χ1n) is 14.1. The van der Waals surface area contributed by atoms with Crippen LogP contribution in [0, 0.1) is 74.4 Å². The molecule has 0 aromatic carbocycles. The molecule has 9 atom stereocenters. The summed E-state index contributed by atoms with van der Waals surface area (Å²) in [6.45, 7) is 16.0. The van der Waals surface area contributed by atoms with Gasteiger partial charge in [-0.05, 0) is 90.8 Å². The van der Waals surface area contributed by atoms with Crippen LogP contribution >= 0.6 is 0 Å². The van der Waals surface area contributed by atoms with Crippen LogP contribution in [0.4, 0.5) is 0 Å². The van der Waals surface area contributed by atoms with Crippen molar-refractivity contribution in [1.29, 1.82) is 0 Å². The zero-order chi connectivity index (χ0) is 25.8. The van der Waals surface area contributed by atoms with Gasteiger partial charge in [-0.15, -0.1) is 6.42 Å². The van der Waals surface area contributed by atoms with Gasteiger partial charge in [0.25, 0.3) is 0 Å². The summed E-state index contributed by atoms with van der Waals surface area (Å²) in [5.41, 5.74) is -0.729. The van der Waals surface area contributed by atoms with Gasteiger partial charge in [0.1, 0.15) is 17.9 Å². The molecule has 3 heteroatoms. The number of hydrogen-bond acceptors (Lipinski definition) is 3. The van der Waals surface area contributed by atoms with Gasteiger partial charge in [0.2, 0.25) is 0 Å². The average Bonchev–Trinajstić information content (AvgIpc) is 2.77. The van der Waals surface area contributed by atoms with Crippen molar-refractivity contribution in [2.75, 3.05) is 0 Å². The van der Waals surface area contributed by atoms with Gasteiger partial charge in [-0.25, -0.2) is 0 Å². The number of hydrogen-bond donors (Lipinski definition) is 0. The topological polar surface area (TPSA) is 51.2 Å². The van der Waals surface area contributed by atoms with Crippen LogP contribution in [-0.4, -0.2) is 17.9 Å². The number of Topliss-reactive ketones (excluding diaryl/α,β-unsaturated/α-hetero) is 2. The lowest BCUT2D eigenvalue weighted by atomic mass is 9.31. The molecule has 0 heterocycles. The van der Waals surface area contributed by atoms with Crippen LogP contribution in [0.5, 0.6) is 0 Å². The Kier molecular flexibility index (Phi) is 5.28. The van der Waals surface area contributed by atoms with Gasteiger partial charge in [-0.1, -0.05) is 54.4 Å². The molecular formula is C32H46O3. The molecular weight excluding hydrogens is 432 g/mol. The maximum Gasteiger partial charge on any atom is 0.148 e. The molecule has 0 aromatic rings. The molecule has 5 rings (SSSR count). The van der Waals surface area contributed by atoms with E-state index in [9.17, 15) is 14.4 Å². The third kappa shape index (κ3) is 3.01. The second kappa shape index (κ2) is 7.33. The predicted molar refractivity (Wildman–Crippen MR) is 138 cm³/mol. The number of carbonyl (C=O) groups excluding carboxylic acids is 3. The number of aldehydes is 1. The molecule has 0 aromatic heterocycles. The molecule has 5 aliphatic rings. The van der Waals surface area contributed by atoms with Crippen molar-refractivity contribution < 1.29 is 14.4 Å². The molecule has 0 amide bonds. The quantitative estimate of drug-likeness (QED) is 0.240. The van der Waals surface area contributed by atoms with E-state index in [0.717, 1.165) is 51.2 Å². The third-order valence-electron chi connectivity index (χ3n) is 13.2. The lowest BCUT2D eigenvalue weighted by Crippen LogP contribution is -2.69. The Hall–Kier alpha value is -1.43. The molecule has 5 aliphatic carbocycles. The predicted octanol–water partition coefficient (Wildman–Crippen LogP) is 6.67. The van der Waals surface area contributed by atoms with E-state index in [1.165, 1.54) is 0 Å². The second-order valence-electron chi connectivity index (χ2n) is 15.4. The molecule has 0 spiro atoms. The van der Waals surface area contributed by atoms with E-state index in [0.29, 0.717) is 18.6 Å². The Bertz CT molecular complexity index is 1010. The number of ketones is 2. The maximum absolute atomic E-state index is 14.3. The van der Waals surface area contributed by atoms with Crippen LogP contribution < -0.4 is 0 Å². The molecule has 5 saturated carbocycles. The highest BCUT2D eigenvalue weighted by Crippen LogP contribution is 2.76. The largest absolute Gasteiger partial charge is 0.303 e. The number of fused-ring (bicyclic) bond motifs is 7. The Morgan fingerprint density at radius 3 is 2.14 bits per heavy atom. The van der Waals surface area contributed by atoms with Crippen LogP contribution in [-0.2, 0) is 14.4 Å². The van der Waals surface area contributed by atoms with Gasteiger partial charge in [-0.2, -0.15) is 0 Å². The molecule has 5 fully saturated rings. The van der Waals surface area contributed by atoms with Crippen molar-refractivity contribution in [2.24, 2.45) is 62.1 Å². The van der Waals surface area contributed by atoms with Gasteiger partial charge >= 0.3 is 0 Å². The highest BCUT2D eigenvalue weighted by atomic mass is 16.1. The van der Waals surface area contributed by atoms with Gasteiger partial charge in [0.05, 0.1) is 5.92 Å². The smallest absolute Gasteiger partial charge is 0.148 e. The summed E-state index contributed by atoms with van der Waals surface area (Å²) in [6.07, 6.45) is 15.6. The van der Waals surface area contributed by atoms with Gasteiger partial charge in [0, 0.05) is 23.2 Å². The van der Waals surface area contributed by atoms with Crippen LogP contribution in [0.2, 0.25) is 0 Å². The molecule has 3 nitrogen and oxygen atoms in total. The van der Waals surface area contributed by atoms with E-state index in [-0.39, 0.29) is 56.5 Å².